The van der Waals surface area contributed by atoms with Gasteiger partial charge in [0, 0.05) is 10.7 Å². The number of hydrogen-bond donors (Lipinski definition) is 1. The zero-order valence-electron chi connectivity index (χ0n) is 5.41. The monoisotopic (exact) mass is 213 g/mol. The standard InChI is InChI=1S/C6H4BrN3O/c7-3-1-8-5-4(3)9-2-10-6(5)11/h1-2,4H,(H,9,10,11). The Kier molecular flexibility index (Phi) is 1.38. The number of rotatable bonds is 0. The lowest BCUT2D eigenvalue weighted by molar-refractivity contribution is -0.113. The van der Waals surface area contributed by atoms with Crippen LogP contribution in [0.15, 0.2) is 20.7 Å². The second kappa shape index (κ2) is 2.27. The van der Waals surface area contributed by atoms with E-state index in [9.17, 15) is 4.79 Å². The lowest BCUT2D eigenvalue weighted by Gasteiger charge is -2.12. The average Bonchev–Trinajstić information content (AvgIpc) is 2.35. The van der Waals surface area contributed by atoms with Gasteiger partial charge in [0.2, 0.25) is 0 Å². The predicted molar refractivity (Wildman–Crippen MR) is 44.9 cm³/mol. The van der Waals surface area contributed by atoms with E-state index < -0.39 is 0 Å². The van der Waals surface area contributed by atoms with Crippen LogP contribution in [0.1, 0.15) is 0 Å². The fourth-order valence-corrected chi connectivity index (χ4v) is 1.41. The topological polar surface area (TPSA) is 53.8 Å². The Hall–Kier alpha value is -0.970. The molecule has 0 aromatic carbocycles. The van der Waals surface area contributed by atoms with Crippen LogP contribution in [0.2, 0.25) is 0 Å². The molecule has 0 bridgehead atoms. The summed E-state index contributed by atoms with van der Waals surface area (Å²) >= 11 is 3.26. The normalized spacial score (nSPS) is 27.4. The summed E-state index contributed by atoms with van der Waals surface area (Å²) in [5, 5.41) is 2.46. The molecule has 2 aliphatic rings. The van der Waals surface area contributed by atoms with Crippen molar-refractivity contribution < 1.29 is 4.79 Å². The molecule has 2 rings (SSSR count). The van der Waals surface area contributed by atoms with Crippen LogP contribution >= 0.6 is 15.9 Å². The van der Waals surface area contributed by atoms with E-state index in [1.54, 1.807) is 6.20 Å². The van der Waals surface area contributed by atoms with E-state index in [1.807, 2.05) is 0 Å². The van der Waals surface area contributed by atoms with Crippen molar-refractivity contribution in [3.8, 4) is 0 Å². The van der Waals surface area contributed by atoms with Gasteiger partial charge in [0.05, 0.1) is 6.34 Å². The van der Waals surface area contributed by atoms with Gasteiger partial charge in [-0.15, -0.1) is 0 Å². The molecule has 11 heavy (non-hydrogen) atoms. The first-order valence-electron chi connectivity index (χ1n) is 3.05. The summed E-state index contributed by atoms with van der Waals surface area (Å²) in [4.78, 5) is 19.0. The van der Waals surface area contributed by atoms with Crippen molar-refractivity contribution in [1.29, 1.82) is 0 Å². The summed E-state index contributed by atoms with van der Waals surface area (Å²) in [5.41, 5.74) is 0.458. The van der Waals surface area contributed by atoms with Crippen molar-refractivity contribution in [3.63, 3.8) is 0 Å². The maximum absolute atomic E-state index is 11.0. The number of fused-ring (bicyclic) bond motifs is 1. The number of carbonyl (C=O) groups excluding carboxylic acids is 1. The highest BCUT2D eigenvalue weighted by molar-refractivity contribution is 9.11. The Morgan fingerprint density at radius 3 is 3.18 bits per heavy atom. The van der Waals surface area contributed by atoms with E-state index in [1.165, 1.54) is 6.34 Å². The van der Waals surface area contributed by atoms with Crippen LogP contribution in [0.4, 0.5) is 0 Å². The van der Waals surface area contributed by atoms with Gasteiger partial charge in [-0.05, 0) is 0 Å². The van der Waals surface area contributed by atoms with Crippen molar-refractivity contribution in [2.45, 2.75) is 6.04 Å². The van der Waals surface area contributed by atoms with Crippen LogP contribution in [0.5, 0.6) is 0 Å². The van der Waals surface area contributed by atoms with Gasteiger partial charge in [-0.25, -0.2) is 0 Å². The number of aliphatic imine (C=N–C) groups is 2. The highest BCUT2D eigenvalue weighted by atomic mass is 79.9. The van der Waals surface area contributed by atoms with Crippen molar-refractivity contribution in [3.05, 3.63) is 10.7 Å². The third-order valence-corrected chi connectivity index (χ3v) is 2.14. The molecule has 2 aliphatic heterocycles. The van der Waals surface area contributed by atoms with Gasteiger partial charge < -0.3 is 5.32 Å². The molecule has 0 fully saturated rings. The number of amides is 1. The molecule has 0 aromatic heterocycles. The van der Waals surface area contributed by atoms with Crippen LogP contribution in [0.25, 0.3) is 0 Å². The average molecular weight is 214 g/mol. The zero-order valence-corrected chi connectivity index (χ0v) is 7.00. The third-order valence-electron chi connectivity index (χ3n) is 1.50. The fourth-order valence-electron chi connectivity index (χ4n) is 0.972. The van der Waals surface area contributed by atoms with E-state index in [4.69, 9.17) is 0 Å². The molecule has 56 valence electrons. The van der Waals surface area contributed by atoms with Gasteiger partial charge in [-0.1, -0.05) is 15.9 Å². The number of carbonyl (C=O) groups is 1. The maximum Gasteiger partial charge on any atom is 0.273 e. The Morgan fingerprint density at radius 1 is 1.64 bits per heavy atom. The Labute approximate surface area is 71.2 Å². The van der Waals surface area contributed by atoms with Crippen molar-refractivity contribution in [2.75, 3.05) is 0 Å². The third kappa shape index (κ3) is 0.920. The van der Waals surface area contributed by atoms with E-state index >= 15 is 0 Å². The van der Waals surface area contributed by atoms with Gasteiger partial charge in [-0.2, -0.15) is 0 Å². The minimum atomic E-state index is -0.205. The summed E-state index contributed by atoms with van der Waals surface area (Å²) in [6.45, 7) is 0. The molecule has 1 atom stereocenters. The molecular formula is C6H4BrN3O. The molecule has 0 radical (unpaired) electrons. The van der Waals surface area contributed by atoms with E-state index in [0.717, 1.165) is 4.48 Å². The van der Waals surface area contributed by atoms with Crippen molar-refractivity contribution in [2.24, 2.45) is 9.98 Å². The van der Waals surface area contributed by atoms with E-state index in [-0.39, 0.29) is 11.9 Å². The molecule has 0 saturated heterocycles. The quantitative estimate of drug-likeness (QED) is 0.615. The van der Waals surface area contributed by atoms with Gasteiger partial charge in [0.25, 0.3) is 5.91 Å². The molecule has 1 amide bonds. The molecule has 1 unspecified atom stereocenters. The SMILES string of the molecule is O=C1NC=NC2C(Br)=CN=C12. The maximum atomic E-state index is 11.0. The summed E-state index contributed by atoms with van der Waals surface area (Å²) in [7, 11) is 0. The van der Waals surface area contributed by atoms with Crippen molar-refractivity contribution >= 4 is 33.9 Å². The Morgan fingerprint density at radius 2 is 2.45 bits per heavy atom. The molecule has 5 heteroatoms. The van der Waals surface area contributed by atoms with Crippen LogP contribution in [-0.4, -0.2) is 24.0 Å². The Balaban J connectivity index is 2.41. The molecular weight excluding hydrogens is 210 g/mol. The highest BCUT2D eigenvalue weighted by Crippen LogP contribution is 2.22. The van der Waals surface area contributed by atoms with Crippen LogP contribution in [-0.2, 0) is 4.79 Å². The number of hydrogen-bond acceptors (Lipinski definition) is 3. The van der Waals surface area contributed by atoms with E-state index in [2.05, 4.69) is 31.2 Å². The fraction of sp³-hybridized carbons (Fsp3) is 0.167. The number of halogens is 1. The van der Waals surface area contributed by atoms with Crippen LogP contribution in [0, 0.1) is 0 Å². The second-order valence-corrected chi connectivity index (χ2v) is 3.10. The molecule has 0 spiro atoms. The summed E-state index contributed by atoms with van der Waals surface area (Å²) < 4.78 is 0.832. The highest BCUT2D eigenvalue weighted by Gasteiger charge is 2.30. The van der Waals surface area contributed by atoms with Gasteiger partial charge in [0.1, 0.15) is 11.8 Å². The summed E-state index contributed by atoms with van der Waals surface area (Å²) in [5.74, 6) is -0.171. The van der Waals surface area contributed by atoms with Crippen LogP contribution < -0.4 is 5.32 Å². The molecule has 0 aromatic rings. The minimum Gasteiger partial charge on any atom is -0.312 e. The first-order valence-corrected chi connectivity index (χ1v) is 3.84. The largest absolute Gasteiger partial charge is 0.312 e. The molecule has 2 heterocycles. The smallest absolute Gasteiger partial charge is 0.273 e. The van der Waals surface area contributed by atoms with Gasteiger partial charge in [-0.3, -0.25) is 14.8 Å². The molecule has 4 nitrogen and oxygen atoms in total. The lowest BCUT2D eigenvalue weighted by atomic mass is 10.2. The molecule has 1 N–H and O–H groups in total. The van der Waals surface area contributed by atoms with Crippen LogP contribution in [0.3, 0.4) is 0 Å². The van der Waals surface area contributed by atoms with Crippen molar-refractivity contribution in [1.82, 2.24) is 5.32 Å². The zero-order chi connectivity index (χ0) is 7.84. The first kappa shape index (κ1) is 6.72. The predicted octanol–water partition coefficient (Wildman–Crippen LogP) is 0.204. The summed E-state index contributed by atoms with van der Waals surface area (Å²) in [6, 6.07) is -0.205. The Bertz CT molecular complexity index is 305. The first-order chi connectivity index (χ1) is 5.29. The van der Waals surface area contributed by atoms with Gasteiger partial charge >= 0.3 is 0 Å². The lowest BCUT2D eigenvalue weighted by Crippen LogP contribution is -2.40. The molecule has 0 saturated carbocycles. The number of nitrogens with zero attached hydrogens (tertiary/aromatic N) is 2. The van der Waals surface area contributed by atoms with E-state index in [0.29, 0.717) is 5.71 Å². The second-order valence-electron chi connectivity index (χ2n) is 2.18. The summed E-state index contributed by atoms with van der Waals surface area (Å²) in [6.07, 6.45) is 2.99. The van der Waals surface area contributed by atoms with Gasteiger partial charge in [0.15, 0.2) is 0 Å². The molecule has 0 aliphatic carbocycles. The number of nitrogens with one attached hydrogen (secondary N) is 1. The minimum absolute atomic E-state index is 0.171.